The van der Waals surface area contributed by atoms with E-state index in [1.54, 1.807) is 29.8 Å². The van der Waals surface area contributed by atoms with Crippen LogP contribution in [0.1, 0.15) is 50.0 Å². The van der Waals surface area contributed by atoms with Crippen LogP contribution < -0.4 is 5.32 Å². The Labute approximate surface area is 199 Å². The first-order valence-corrected chi connectivity index (χ1v) is 12.7. The summed E-state index contributed by atoms with van der Waals surface area (Å²) in [7, 11) is 0. The van der Waals surface area contributed by atoms with E-state index >= 15 is 0 Å². The van der Waals surface area contributed by atoms with Gasteiger partial charge in [0.05, 0.1) is 0 Å². The standard InChI is InChI=1S/C25H32N4O3S/c1-3-18(4-2)22(30)28-13-9-19(10-14-28)25(20-7-5-12-26-17-20)23(31)29(24(32)27-25)15-11-21-8-6-16-33-21/h5-8,12,16-19H,3-4,9-11,13-15H2,1-2H3,(H,27,32)/t25-/m1/s1. The quantitative estimate of drug-likeness (QED) is 0.598. The summed E-state index contributed by atoms with van der Waals surface area (Å²) >= 11 is 1.62. The highest BCUT2D eigenvalue weighted by atomic mass is 32.1. The number of piperidine rings is 1. The average Bonchev–Trinajstić information content (AvgIpc) is 3.45. The number of aromatic nitrogens is 1. The zero-order valence-corrected chi connectivity index (χ0v) is 20.1. The lowest BCUT2D eigenvalue weighted by atomic mass is 9.73. The summed E-state index contributed by atoms with van der Waals surface area (Å²) in [4.78, 5) is 48.4. The molecule has 176 valence electrons. The van der Waals surface area contributed by atoms with Gasteiger partial charge in [0, 0.05) is 48.4 Å². The lowest BCUT2D eigenvalue weighted by molar-refractivity contribution is -0.139. The third kappa shape index (κ3) is 4.40. The van der Waals surface area contributed by atoms with Crippen molar-refractivity contribution in [1.82, 2.24) is 20.1 Å². The predicted octanol–water partition coefficient (Wildman–Crippen LogP) is 3.81. The molecule has 0 saturated carbocycles. The lowest BCUT2D eigenvalue weighted by Crippen LogP contribution is -2.54. The Kier molecular flexibility index (Phi) is 7.12. The molecule has 0 unspecified atom stereocenters. The Morgan fingerprint density at radius 1 is 1.21 bits per heavy atom. The number of imide groups is 1. The van der Waals surface area contributed by atoms with Crippen LogP contribution in [0.25, 0.3) is 0 Å². The van der Waals surface area contributed by atoms with Gasteiger partial charge in [-0.1, -0.05) is 26.0 Å². The van der Waals surface area contributed by atoms with E-state index in [0.29, 0.717) is 44.5 Å². The van der Waals surface area contributed by atoms with E-state index in [1.807, 2.05) is 42.3 Å². The molecule has 0 radical (unpaired) electrons. The Balaban J connectivity index is 1.56. The molecule has 8 heteroatoms. The van der Waals surface area contributed by atoms with Gasteiger partial charge in [0.1, 0.15) is 0 Å². The van der Waals surface area contributed by atoms with E-state index in [1.165, 1.54) is 4.90 Å². The summed E-state index contributed by atoms with van der Waals surface area (Å²) in [5.41, 5.74) is -0.420. The number of urea groups is 1. The molecule has 1 N–H and O–H groups in total. The van der Waals surface area contributed by atoms with E-state index in [0.717, 1.165) is 17.7 Å². The second kappa shape index (κ2) is 10.0. The number of thiophene rings is 1. The normalized spacial score (nSPS) is 21.7. The second-order valence-electron chi connectivity index (χ2n) is 8.88. The maximum Gasteiger partial charge on any atom is 0.325 e. The van der Waals surface area contributed by atoms with Crippen LogP contribution in [0.4, 0.5) is 4.79 Å². The van der Waals surface area contributed by atoms with Gasteiger partial charge in [-0.15, -0.1) is 11.3 Å². The van der Waals surface area contributed by atoms with E-state index in [4.69, 9.17) is 0 Å². The SMILES string of the molecule is CCC(CC)C(=O)N1CCC([C@]2(c3cccnc3)NC(=O)N(CCc3cccs3)C2=O)CC1. The Morgan fingerprint density at radius 2 is 1.97 bits per heavy atom. The van der Waals surface area contributed by atoms with Crippen LogP contribution in [0.15, 0.2) is 42.0 Å². The van der Waals surface area contributed by atoms with Crippen LogP contribution in [-0.4, -0.2) is 52.3 Å². The minimum absolute atomic E-state index is 0.0504. The number of hydrogen-bond acceptors (Lipinski definition) is 5. The number of nitrogens with one attached hydrogen (secondary N) is 1. The molecule has 0 aliphatic carbocycles. The molecular weight excluding hydrogens is 436 g/mol. The fourth-order valence-electron chi connectivity index (χ4n) is 5.21. The van der Waals surface area contributed by atoms with Crippen molar-refractivity contribution in [2.75, 3.05) is 19.6 Å². The molecule has 4 amide bonds. The molecule has 0 aromatic carbocycles. The molecule has 2 aliphatic rings. The van der Waals surface area contributed by atoms with Crippen LogP contribution in [-0.2, 0) is 21.5 Å². The van der Waals surface area contributed by atoms with Crippen molar-refractivity contribution in [1.29, 1.82) is 0 Å². The Bertz CT molecular complexity index is 969. The minimum atomic E-state index is -1.13. The highest BCUT2D eigenvalue weighted by Gasteiger charge is 2.57. The van der Waals surface area contributed by atoms with Crippen molar-refractivity contribution in [2.45, 2.75) is 51.5 Å². The van der Waals surface area contributed by atoms with Crippen molar-refractivity contribution < 1.29 is 14.4 Å². The maximum absolute atomic E-state index is 13.9. The Hall–Kier alpha value is -2.74. The van der Waals surface area contributed by atoms with Gasteiger partial charge < -0.3 is 10.2 Å². The van der Waals surface area contributed by atoms with Gasteiger partial charge >= 0.3 is 6.03 Å². The molecule has 33 heavy (non-hydrogen) atoms. The molecule has 2 aromatic rings. The molecule has 4 rings (SSSR count). The van der Waals surface area contributed by atoms with Gasteiger partial charge in [0.2, 0.25) is 5.91 Å². The zero-order chi connectivity index (χ0) is 23.4. The van der Waals surface area contributed by atoms with Gasteiger partial charge in [0.15, 0.2) is 5.54 Å². The lowest BCUT2D eigenvalue weighted by Gasteiger charge is -2.41. The average molecular weight is 469 g/mol. The summed E-state index contributed by atoms with van der Waals surface area (Å²) in [5.74, 6) is -0.0555. The van der Waals surface area contributed by atoms with Crippen molar-refractivity contribution in [3.8, 4) is 0 Å². The molecule has 2 saturated heterocycles. The summed E-state index contributed by atoms with van der Waals surface area (Å²) in [6.07, 6.45) is 6.98. The van der Waals surface area contributed by atoms with Crippen LogP contribution in [0.2, 0.25) is 0 Å². The number of pyridine rings is 1. The molecule has 2 fully saturated rings. The van der Waals surface area contributed by atoms with Gasteiger partial charge in [-0.3, -0.25) is 19.5 Å². The number of rotatable bonds is 8. The molecule has 2 aromatic heterocycles. The summed E-state index contributed by atoms with van der Waals surface area (Å²) in [6.45, 7) is 5.64. The van der Waals surface area contributed by atoms with Gasteiger partial charge in [-0.2, -0.15) is 0 Å². The van der Waals surface area contributed by atoms with E-state index in [-0.39, 0.29) is 29.7 Å². The summed E-state index contributed by atoms with van der Waals surface area (Å²) < 4.78 is 0. The highest BCUT2D eigenvalue weighted by Crippen LogP contribution is 2.41. The van der Waals surface area contributed by atoms with Crippen molar-refractivity contribution in [3.63, 3.8) is 0 Å². The van der Waals surface area contributed by atoms with Crippen LogP contribution in [0.3, 0.4) is 0 Å². The van der Waals surface area contributed by atoms with Gasteiger partial charge in [-0.05, 0) is 55.5 Å². The second-order valence-corrected chi connectivity index (χ2v) is 9.91. The number of amides is 4. The number of carbonyl (C=O) groups excluding carboxylic acids is 3. The Morgan fingerprint density at radius 3 is 2.58 bits per heavy atom. The first-order chi connectivity index (χ1) is 16.0. The fraction of sp³-hybridized carbons (Fsp3) is 0.520. The number of likely N-dealkylation sites (tertiary alicyclic amines) is 1. The van der Waals surface area contributed by atoms with Crippen molar-refractivity contribution in [3.05, 3.63) is 52.5 Å². The summed E-state index contributed by atoms with van der Waals surface area (Å²) in [6, 6.07) is 7.31. The number of nitrogens with zero attached hydrogens (tertiary/aromatic N) is 3. The van der Waals surface area contributed by atoms with Crippen LogP contribution in [0.5, 0.6) is 0 Å². The van der Waals surface area contributed by atoms with Gasteiger partial charge in [0.25, 0.3) is 5.91 Å². The fourth-order valence-corrected chi connectivity index (χ4v) is 5.91. The predicted molar refractivity (Wildman–Crippen MR) is 128 cm³/mol. The monoisotopic (exact) mass is 468 g/mol. The molecule has 1 atom stereocenters. The topological polar surface area (TPSA) is 82.6 Å². The molecular formula is C25H32N4O3S. The number of hydrogen-bond donors (Lipinski definition) is 1. The van der Waals surface area contributed by atoms with E-state index in [2.05, 4.69) is 10.3 Å². The first-order valence-electron chi connectivity index (χ1n) is 11.9. The van der Waals surface area contributed by atoms with Crippen molar-refractivity contribution >= 4 is 29.2 Å². The highest BCUT2D eigenvalue weighted by molar-refractivity contribution is 7.09. The van der Waals surface area contributed by atoms with E-state index in [9.17, 15) is 14.4 Å². The van der Waals surface area contributed by atoms with Crippen LogP contribution in [0, 0.1) is 11.8 Å². The smallest absolute Gasteiger partial charge is 0.325 e. The first kappa shape index (κ1) is 23.4. The summed E-state index contributed by atoms with van der Waals surface area (Å²) in [5, 5.41) is 5.07. The third-order valence-corrected chi connectivity index (χ3v) is 8.10. The molecule has 7 nitrogen and oxygen atoms in total. The van der Waals surface area contributed by atoms with Crippen LogP contribution >= 0.6 is 11.3 Å². The van der Waals surface area contributed by atoms with E-state index < -0.39 is 5.54 Å². The molecule has 4 heterocycles. The zero-order valence-electron chi connectivity index (χ0n) is 19.3. The molecule has 0 bridgehead atoms. The molecule has 0 spiro atoms. The van der Waals surface area contributed by atoms with Crippen molar-refractivity contribution in [2.24, 2.45) is 11.8 Å². The minimum Gasteiger partial charge on any atom is -0.342 e. The molecule has 2 aliphatic heterocycles. The van der Waals surface area contributed by atoms with Gasteiger partial charge in [-0.25, -0.2) is 4.79 Å². The largest absolute Gasteiger partial charge is 0.342 e. The number of carbonyl (C=O) groups is 3. The third-order valence-electron chi connectivity index (χ3n) is 7.16. The maximum atomic E-state index is 13.9.